The number of esters is 1. The maximum absolute atomic E-state index is 11.2. The molecule has 19 heavy (non-hydrogen) atoms. The minimum absolute atomic E-state index is 0.235. The number of ether oxygens (including phenoxy) is 2. The van der Waals surface area contributed by atoms with Gasteiger partial charge < -0.3 is 14.3 Å². The average Bonchev–Trinajstić information content (AvgIpc) is 2.39. The molecule has 0 saturated heterocycles. The molecule has 0 heterocycles. The number of aldehydes is 1. The molecule has 0 N–H and O–H groups in total. The van der Waals surface area contributed by atoms with Crippen LogP contribution in [0.2, 0.25) is 0 Å². The van der Waals surface area contributed by atoms with E-state index in [1.165, 1.54) is 7.11 Å². The molecule has 0 amide bonds. The smallest absolute Gasteiger partial charge is 0.309 e. The summed E-state index contributed by atoms with van der Waals surface area (Å²) in [5, 5.41) is 0. The fourth-order valence-electron chi connectivity index (χ4n) is 1.52. The standard InChI is InChI=1S/C14H19NO4/c1-15(6-8-16)7-9-19-13-5-3-4-12(10-13)11-14(17)18-2/h3-5,8,10H,6-7,9,11H2,1-2H3. The molecule has 0 radical (unpaired) electrons. The number of rotatable bonds is 8. The van der Waals surface area contributed by atoms with E-state index in [9.17, 15) is 9.59 Å². The van der Waals surface area contributed by atoms with E-state index in [0.29, 0.717) is 25.4 Å². The van der Waals surface area contributed by atoms with Crippen molar-refractivity contribution in [2.45, 2.75) is 6.42 Å². The van der Waals surface area contributed by atoms with Crippen LogP contribution in [0.4, 0.5) is 0 Å². The number of hydrogen-bond acceptors (Lipinski definition) is 5. The van der Waals surface area contributed by atoms with Crippen molar-refractivity contribution in [2.24, 2.45) is 0 Å². The molecule has 0 bridgehead atoms. The molecule has 0 aliphatic heterocycles. The molecule has 5 heteroatoms. The Bertz CT molecular complexity index is 420. The topological polar surface area (TPSA) is 55.8 Å². The van der Waals surface area contributed by atoms with Crippen molar-refractivity contribution in [3.05, 3.63) is 29.8 Å². The Morgan fingerprint density at radius 3 is 2.89 bits per heavy atom. The maximum Gasteiger partial charge on any atom is 0.309 e. The van der Waals surface area contributed by atoms with E-state index in [1.807, 2.05) is 36.2 Å². The first-order chi connectivity index (χ1) is 9.15. The van der Waals surface area contributed by atoms with Gasteiger partial charge in [0.2, 0.25) is 0 Å². The van der Waals surface area contributed by atoms with Crippen LogP contribution < -0.4 is 4.74 Å². The van der Waals surface area contributed by atoms with Crippen LogP contribution in [-0.4, -0.2) is 51.0 Å². The van der Waals surface area contributed by atoms with Gasteiger partial charge in [-0.25, -0.2) is 0 Å². The Labute approximate surface area is 113 Å². The first kappa shape index (κ1) is 15.2. The van der Waals surface area contributed by atoms with Gasteiger partial charge in [-0.15, -0.1) is 0 Å². The Morgan fingerprint density at radius 1 is 1.42 bits per heavy atom. The molecule has 0 aliphatic carbocycles. The van der Waals surface area contributed by atoms with E-state index in [2.05, 4.69) is 4.74 Å². The molecule has 0 saturated carbocycles. The Kier molecular flexibility index (Phi) is 6.60. The first-order valence-corrected chi connectivity index (χ1v) is 6.06. The lowest BCUT2D eigenvalue weighted by atomic mass is 10.1. The summed E-state index contributed by atoms with van der Waals surface area (Å²) in [6.07, 6.45) is 1.09. The fraction of sp³-hybridized carbons (Fsp3) is 0.429. The van der Waals surface area contributed by atoms with Gasteiger partial charge in [0, 0.05) is 6.54 Å². The summed E-state index contributed by atoms with van der Waals surface area (Å²) in [7, 11) is 3.22. The van der Waals surface area contributed by atoms with E-state index >= 15 is 0 Å². The van der Waals surface area contributed by atoms with Gasteiger partial charge in [0.1, 0.15) is 18.6 Å². The SMILES string of the molecule is COC(=O)Cc1cccc(OCCN(C)CC=O)c1. The lowest BCUT2D eigenvalue weighted by molar-refractivity contribution is -0.139. The molecule has 1 aromatic carbocycles. The number of nitrogens with zero attached hydrogens (tertiary/aromatic N) is 1. The van der Waals surface area contributed by atoms with Gasteiger partial charge in [-0.05, 0) is 24.7 Å². The van der Waals surface area contributed by atoms with Crippen molar-refractivity contribution in [2.75, 3.05) is 33.9 Å². The van der Waals surface area contributed by atoms with E-state index in [4.69, 9.17) is 4.74 Å². The monoisotopic (exact) mass is 265 g/mol. The summed E-state index contributed by atoms with van der Waals surface area (Å²) in [6.45, 7) is 1.55. The summed E-state index contributed by atoms with van der Waals surface area (Å²) < 4.78 is 10.2. The summed E-state index contributed by atoms with van der Waals surface area (Å²) in [5.41, 5.74) is 0.852. The third-order valence-corrected chi connectivity index (χ3v) is 2.60. The minimum atomic E-state index is -0.275. The van der Waals surface area contributed by atoms with Gasteiger partial charge in [0.15, 0.2) is 0 Å². The zero-order valence-corrected chi connectivity index (χ0v) is 11.3. The number of likely N-dealkylation sites (N-methyl/N-ethyl adjacent to an activating group) is 1. The van der Waals surface area contributed by atoms with Crippen molar-refractivity contribution in [3.8, 4) is 5.75 Å². The molecular formula is C14H19NO4. The predicted molar refractivity (Wildman–Crippen MR) is 71.2 cm³/mol. The van der Waals surface area contributed by atoms with Gasteiger partial charge in [0.25, 0.3) is 0 Å². The average molecular weight is 265 g/mol. The number of benzene rings is 1. The highest BCUT2D eigenvalue weighted by Gasteiger charge is 2.04. The molecule has 0 aliphatic rings. The molecule has 5 nitrogen and oxygen atoms in total. The summed E-state index contributed by atoms with van der Waals surface area (Å²) in [4.78, 5) is 23.3. The second-order valence-corrected chi connectivity index (χ2v) is 4.18. The summed E-state index contributed by atoms with van der Waals surface area (Å²) in [5.74, 6) is 0.434. The van der Waals surface area contributed by atoms with Crippen molar-refractivity contribution < 1.29 is 19.1 Å². The van der Waals surface area contributed by atoms with Crippen LogP contribution in [0.15, 0.2) is 24.3 Å². The quantitative estimate of drug-likeness (QED) is 0.516. The number of carbonyl (C=O) groups excluding carboxylic acids is 2. The minimum Gasteiger partial charge on any atom is -0.492 e. The normalized spacial score (nSPS) is 10.3. The van der Waals surface area contributed by atoms with Crippen LogP contribution in [0, 0.1) is 0 Å². The van der Waals surface area contributed by atoms with Gasteiger partial charge >= 0.3 is 5.97 Å². The van der Waals surface area contributed by atoms with Crippen LogP contribution in [0.1, 0.15) is 5.56 Å². The van der Waals surface area contributed by atoms with E-state index < -0.39 is 0 Å². The van der Waals surface area contributed by atoms with Crippen molar-refractivity contribution in [1.29, 1.82) is 0 Å². The summed E-state index contributed by atoms with van der Waals surface area (Å²) >= 11 is 0. The van der Waals surface area contributed by atoms with E-state index in [-0.39, 0.29) is 12.4 Å². The number of hydrogen-bond donors (Lipinski definition) is 0. The second kappa shape index (κ2) is 8.26. The summed E-state index contributed by atoms with van der Waals surface area (Å²) in [6, 6.07) is 7.34. The zero-order chi connectivity index (χ0) is 14.1. The molecule has 104 valence electrons. The zero-order valence-electron chi connectivity index (χ0n) is 11.3. The number of carbonyl (C=O) groups is 2. The molecule has 1 aromatic rings. The van der Waals surface area contributed by atoms with Crippen molar-refractivity contribution in [3.63, 3.8) is 0 Å². The second-order valence-electron chi connectivity index (χ2n) is 4.18. The van der Waals surface area contributed by atoms with Crippen molar-refractivity contribution in [1.82, 2.24) is 4.90 Å². The van der Waals surface area contributed by atoms with E-state index in [1.54, 1.807) is 0 Å². The highest BCUT2D eigenvalue weighted by atomic mass is 16.5. The maximum atomic E-state index is 11.2. The largest absolute Gasteiger partial charge is 0.492 e. The predicted octanol–water partition coefficient (Wildman–Crippen LogP) is 0.912. The van der Waals surface area contributed by atoms with Crippen LogP contribution in [0.3, 0.4) is 0 Å². The number of methoxy groups -OCH3 is 1. The Balaban J connectivity index is 2.43. The van der Waals surface area contributed by atoms with Crippen LogP contribution >= 0.6 is 0 Å². The van der Waals surface area contributed by atoms with Crippen LogP contribution in [0.5, 0.6) is 5.75 Å². The van der Waals surface area contributed by atoms with Crippen LogP contribution in [-0.2, 0) is 20.7 Å². The third-order valence-electron chi connectivity index (χ3n) is 2.60. The highest BCUT2D eigenvalue weighted by molar-refractivity contribution is 5.72. The highest BCUT2D eigenvalue weighted by Crippen LogP contribution is 2.14. The molecule has 0 unspecified atom stereocenters. The molecule has 0 atom stereocenters. The van der Waals surface area contributed by atoms with Crippen LogP contribution in [0.25, 0.3) is 0 Å². The Hall–Kier alpha value is -1.88. The van der Waals surface area contributed by atoms with E-state index in [0.717, 1.165) is 11.8 Å². The molecule has 0 fully saturated rings. The lowest BCUT2D eigenvalue weighted by Gasteiger charge is -2.14. The molecule has 1 rings (SSSR count). The van der Waals surface area contributed by atoms with Gasteiger partial charge in [-0.1, -0.05) is 12.1 Å². The third kappa shape index (κ3) is 6.01. The first-order valence-electron chi connectivity index (χ1n) is 6.06. The molecule has 0 aromatic heterocycles. The van der Waals surface area contributed by atoms with Gasteiger partial charge in [-0.3, -0.25) is 9.69 Å². The lowest BCUT2D eigenvalue weighted by Crippen LogP contribution is -2.25. The van der Waals surface area contributed by atoms with Gasteiger partial charge in [-0.2, -0.15) is 0 Å². The van der Waals surface area contributed by atoms with Crippen molar-refractivity contribution >= 4 is 12.3 Å². The fourth-order valence-corrected chi connectivity index (χ4v) is 1.52. The molecule has 0 spiro atoms. The molecular weight excluding hydrogens is 246 g/mol. The van der Waals surface area contributed by atoms with Gasteiger partial charge in [0.05, 0.1) is 20.1 Å². The Morgan fingerprint density at radius 2 is 2.21 bits per heavy atom.